The van der Waals surface area contributed by atoms with E-state index in [1.807, 2.05) is 0 Å². The number of carbonyl (C=O) groups is 3. The fourth-order valence-corrected chi connectivity index (χ4v) is 1.40. The number of carbonyl (C=O) groups excluding carboxylic acids is 3. The average molecular weight is 220 g/mol. The van der Waals surface area contributed by atoms with Crippen molar-refractivity contribution in [3.8, 4) is 0 Å². The summed E-state index contributed by atoms with van der Waals surface area (Å²) in [7, 11) is 1.42. The molecular weight excluding hydrogens is 208 g/mol. The van der Waals surface area contributed by atoms with Crippen molar-refractivity contribution in [1.29, 1.82) is 0 Å². The van der Waals surface area contributed by atoms with Crippen LogP contribution in [0.5, 0.6) is 0 Å². The molecule has 0 aliphatic rings. The third kappa shape index (κ3) is 2.61. The standard InChI is InChI=1S/C12H12O4/c1-16-12(8-15)10-4-2-3-9(5-10)11(6-13)7-14/h2-8,11-12H,1H3. The third-order valence-electron chi connectivity index (χ3n) is 2.29. The van der Waals surface area contributed by atoms with Gasteiger partial charge in [-0.25, -0.2) is 0 Å². The van der Waals surface area contributed by atoms with Gasteiger partial charge in [0.05, 0.1) is 5.92 Å². The minimum absolute atomic E-state index is 0.561. The SMILES string of the molecule is COC(C=O)c1cccc(C(C=O)C=O)c1. The zero-order valence-corrected chi connectivity index (χ0v) is 8.83. The topological polar surface area (TPSA) is 60.4 Å². The molecule has 4 heteroatoms. The first-order chi connectivity index (χ1) is 7.76. The van der Waals surface area contributed by atoms with Crippen LogP contribution in [0.2, 0.25) is 0 Å². The lowest BCUT2D eigenvalue weighted by Crippen LogP contribution is -2.06. The van der Waals surface area contributed by atoms with Crippen molar-refractivity contribution < 1.29 is 19.1 Å². The van der Waals surface area contributed by atoms with Gasteiger partial charge in [-0.05, 0) is 11.1 Å². The summed E-state index contributed by atoms with van der Waals surface area (Å²) >= 11 is 0. The van der Waals surface area contributed by atoms with Crippen LogP contribution in [0, 0.1) is 0 Å². The Morgan fingerprint density at radius 1 is 1.06 bits per heavy atom. The lowest BCUT2D eigenvalue weighted by atomic mass is 9.98. The van der Waals surface area contributed by atoms with E-state index in [4.69, 9.17) is 4.74 Å². The summed E-state index contributed by atoms with van der Waals surface area (Å²) in [6.07, 6.45) is 1.12. The molecule has 0 amide bonds. The van der Waals surface area contributed by atoms with E-state index in [1.54, 1.807) is 24.3 Å². The van der Waals surface area contributed by atoms with Crippen LogP contribution in [0.15, 0.2) is 24.3 Å². The molecule has 16 heavy (non-hydrogen) atoms. The van der Waals surface area contributed by atoms with Crippen LogP contribution in [0.1, 0.15) is 23.1 Å². The Morgan fingerprint density at radius 3 is 2.19 bits per heavy atom. The van der Waals surface area contributed by atoms with Crippen molar-refractivity contribution in [3.05, 3.63) is 35.4 Å². The maximum atomic E-state index is 10.7. The maximum Gasteiger partial charge on any atom is 0.153 e. The quantitative estimate of drug-likeness (QED) is 0.531. The zero-order chi connectivity index (χ0) is 12.0. The van der Waals surface area contributed by atoms with Gasteiger partial charge < -0.3 is 19.1 Å². The Kier molecular flexibility index (Phi) is 4.54. The zero-order valence-electron chi connectivity index (χ0n) is 8.83. The van der Waals surface area contributed by atoms with E-state index in [0.717, 1.165) is 0 Å². The molecular formula is C12H12O4. The van der Waals surface area contributed by atoms with E-state index < -0.39 is 12.0 Å². The van der Waals surface area contributed by atoms with Gasteiger partial charge in [0, 0.05) is 7.11 Å². The van der Waals surface area contributed by atoms with Crippen molar-refractivity contribution in [2.45, 2.75) is 12.0 Å². The number of benzene rings is 1. The van der Waals surface area contributed by atoms with Gasteiger partial charge in [0.1, 0.15) is 18.7 Å². The van der Waals surface area contributed by atoms with Crippen molar-refractivity contribution >= 4 is 18.9 Å². The van der Waals surface area contributed by atoms with E-state index in [9.17, 15) is 14.4 Å². The molecule has 0 radical (unpaired) electrons. The van der Waals surface area contributed by atoms with Crippen molar-refractivity contribution in [2.75, 3.05) is 7.11 Å². The maximum absolute atomic E-state index is 10.7. The molecule has 1 rings (SSSR count). The molecule has 1 atom stereocenters. The summed E-state index contributed by atoms with van der Waals surface area (Å²) in [4.78, 5) is 31.9. The number of hydrogen-bond acceptors (Lipinski definition) is 4. The number of ether oxygens (including phenoxy) is 1. The smallest absolute Gasteiger partial charge is 0.153 e. The van der Waals surface area contributed by atoms with Crippen LogP contribution in [0.3, 0.4) is 0 Å². The first-order valence-electron chi connectivity index (χ1n) is 4.75. The fourth-order valence-electron chi connectivity index (χ4n) is 1.40. The van der Waals surface area contributed by atoms with Crippen molar-refractivity contribution in [1.82, 2.24) is 0 Å². The van der Waals surface area contributed by atoms with E-state index in [2.05, 4.69) is 0 Å². The average Bonchev–Trinajstić information content (AvgIpc) is 2.33. The first kappa shape index (κ1) is 12.3. The normalized spacial score (nSPS) is 12.1. The van der Waals surface area contributed by atoms with E-state index in [1.165, 1.54) is 7.11 Å². The van der Waals surface area contributed by atoms with Crippen LogP contribution in [-0.2, 0) is 19.1 Å². The predicted octanol–water partition coefficient (Wildman–Crippen LogP) is 1.05. The summed E-state index contributed by atoms with van der Waals surface area (Å²) < 4.78 is 4.94. The fraction of sp³-hybridized carbons (Fsp3) is 0.250. The molecule has 0 bridgehead atoms. The summed E-state index contributed by atoms with van der Waals surface area (Å²) in [5.41, 5.74) is 1.19. The summed E-state index contributed by atoms with van der Waals surface area (Å²) in [6, 6.07) is 6.67. The monoisotopic (exact) mass is 220 g/mol. The van der Waals surface area contributed by atoms with Crippen LogP contribution < -0.4 is 0 Å². The molecule has 0 aromatic heterocycles. The highest BCUT2D eigenvalue weighted by Gasteiger charge is 2.13. The Bertz CT molecular complexity index is 378. The van der Waals surface area contributed by atoms with Gasteiger partial charge in [0.2, 0.25) is 0 Å². The lowest BCUT2D eigenvalue weighted by molar-refractivity contribution is -0.117. The van der Waals surface area contributed by atoms with Gasteiger partial charge in [-0.15, -0.1) is 0 Å². The molecule has 0 spiro atoms. The highest BCUT2D eigenvalue weighted by molar-refractivity contribution is 5.85. The molecule has 0 fully saturated rings. The molecule has 1 aromatic rings. The van der Waals surface area contributed by atoms with Gasteiger partial charge >= 0.3 is 0 Å². The molecule has 0 aliphatic carbocycles. The van der Waals surface area contributed by atoms with Crippen LogP contribution in [0.4, 0.5) is 0 Å². The van der Waals surface area contributed by atoms with Gasteiger partial charge in [-0.1, -0.05) is 24.3 Å². The van der Waals surface area contributed by atoms with Gasteiger partial charge in [-0.3, -0.25) is 0 Å². The molecule has 1 unspecified atom stereocenters. The molecule has 0 N–H and O–H groups in total. The summed E-state index contributed by atoms with van der Waals surface area (Å²) in [5.74, 6) is -0.788. The highest BCUT2D eigenvalue weighted by atomic mass is 16.5. The number of methoxy groups -OCH3 is 1. The third-order valence-corrected chi connectivity index (χ3v) is 2.29. The lowest BCUT2D eigenvalue weighted by Gasteiger charge is -2.10. The molecule has 0 saturated heterocycles. The Balaban J connectivity index is 3.06. The van der Waals surface area contributed by atoms with E-state index in [-0.39, 0.29) is 0 Å². The Hall–Kier alpha value is -1.81. The summed E-state index contributed by atoms with van der Waals surface area (Å²) in [6.45, 7) is 0. The number of rotatable bonds is 6. The van der Waals surface area contributed by atoms with Crippen LogP contribution >= 0.6 is 0 Å². The van der Waals surface area contributed by atoms with Crippen LogP contribution in [-0.4, -0.2) is 26.0 Å². The largest absolute Gasteiger partial charge is 0.369 e. The molecule has 84 valence electrons. The van der Waals surface area contributed by atoms with Crippen molar-refractivity contribution in [3.63, 3.8) is 0 Å². The van der Waals surface area contributed by atoms with E-state index in [0.29, 0.717) is 30.0 Å². The van der Waals surface area contributed by atoms with Gasteiger partial charge in [0.25, 0.3) is 0 Å². The Labute approximate surface area is 93.2 Å². The Morgan fingerprint density at radius 2 is 1.69 bits per heavy atom. The second-order valence-electron chi connectivity index (χ2n) is 3.26. The molecule has 0 saturated carbocycles. The van der Waals surface area contributed by atoms with Gasteiger partial charge in [-0.2, -0.15) is 0 Å². The van der Waals surface area contributed by atoms with Crippen LogP contribution in [0.25, 0.3) is 0 Å². The summed E-state index contributed by atoms with van der Waals surface area (Å²) in [5, 5.41) is 0. The highest BCUT2D eigenvalue weighted by Crippen LogP contribution is 2.19. The minimum Gasteiger partial charge on any atom is -0.369 e. The predicted molar refractivity (Wildman–Crippen MR) is 57.1 cm³/mol. The first-order valence-corrected chi connectivity index (χ1v) is 4.75. The molecule has 1 aromatic carbocycles. The second kappa shape index (κ2) is 5.92. The molecule has 4 nitrogen and oxygen atoms in total. The van der Waals surface area contributed by atoms with Gasteiger partial charge in [0.15, 0.2) is 6.29 Å². The van der Waals surface area contributed by atoms with Crippen molar-refractivity contribution in [2.24, 2.45) is 0 Å². The van der Waals surface area contributed by atoms with E-state index >= 15 is 0 Å². The number of hydrogen-bond donors (Lipinski definition) is 0. The second-order valence-corrected chi connectivity index (χ2v) is 3.26. The number of aldehydes is 3. The molecule has 0 heterocycles. The minimum atomic E-state index is -0.788. The molecule has 0 aliphatic heterocycles.